The van der Waals surface area contributed by atoms with Crippen molar-refractivity contribution in [3.8, 4) is 0 Å². The van der Waals surface area contributed by atoms with Crippen LogP contribution in [0.3, 0.4) is 0 Å². The van der Waals surface area contributed by atoms with Crippen LogP contribution in [-0.2, 0) is 13.1 Å². The fourth-order valence-electron chi connectivity index (χ4n) is 4.62. The van der Waals surface area contributed by atoms with Gasteiger partial charge in [-0.05, 0) is 56.1 Å². The molecule has 3 atom stereocenters. The SMILES string of the molecule is CCn1ccnc1CN(CC1CCC2CC21)c1ncnc2cccnc12. The molecule has 0 amide bonds. The van der Waals surface area contributed by atoms with Crippen molar-refractivity contribution in [1.29, 1.82) is 0 Å². The number of hydrogen-bond acceptors (Lipinski definition) is 5. The molecule has 0 spiro atoms. The zero-order valence-electron chi connectivity index (χ0n) is 15.1. The molecule has 0 N–H and O–H groups in total. The highest BCUT2D eigenvalue weighted by atomic mass is 15.2. The Kier molecular flexibility index (Phi) is 3.84. The number of hydrogen-bond donors (Lipinski definition) is 0. The Morgan fingerprint density at radius 1 is 1.15 bits per heavy atom. The second-order valence-electron chi connectivity index (χ2n) is 7.58. The lowest BCUT2D eigenvalue weighted by Gasteiger charge is -2.28. The number of nitrogens with zero attached hydrogens (tertiary/aromatic N) is 6. The molecule has 0 radical (unpaired) electrons. The van der Waals surface area contributed by atoms with Crippen molar-refractivity contribution >= 4 is 16.9 Å². The van der Waals surface area contributed by atoms with Crippen LogP contribution in [-0.4, -0.2) is 31.0 Å². The summed E-state index contributed by atoms with van der Waals surface area (Å²) in [5.74, 6) is 4.69. The van der Waals surface area contributed by atoms with Crippen molar-refractivity contribution in [3.63, 3.8) is 0 Å². The molecule has 2 aliphatic carbocycles. The molecule has 2 fully saturated rings. The second-order valence-corrected chi connectivity index (χ2v) is 7.58. The van der Waals surface area contributed by atoms with Gasteiger partial charge in [0.25, 0.3) is 0 Å². The predicted molar refractivity (Wildman–Crippen MR) is 101 cm³/mol. The molecule has 3 aromatic heterocycles. The Labute approximate surface area is 153 Å². The van der Waals surface area contributed by atoms with E-state index < -0.39 is 0 Å². The zero-order chi connectivity index (χ0) is 17.5. The van der Waals surface area contributed by atoms with Gasteiger partial charge in [0, 0.05) is 31.7 Å². The second kappa shape index (κ2) is 6.34. The number of fused-ring (bicyclic) bond motifs is 2. The van der Waals surface area contributed by atoms with Gasteiger partial charge in [0.1, 0.15) is 17.7 Å². The van der Waals surface area contributed by atoms with E-state index in [1.54, 1.807) is 6.33 Å². The molecular formula is C20H24N6. The highest BCUT2D eigenvalue weighted by Gasteiger charge is 2.48. The fraction of sp³-hybridized carbons (Fsp3) is 0.500. The van der Waals surface area contributed by atoms with Gasteiger partial charge in [-0.3, -0.25) is 4.98 Å². The van der Waals surface area contributed by atoms with Gasteiger partial charge in [-0.2, -0.15) is 0 Å². The first-order chi connectivity index (χ1) is 12.8. The van der Waals surface area contributed by atoms with Crippen LogP contribution >= 0.6 is 0 Å². The minimum absolute atomic E-state index is 0.761. The summed E-state index contributed by atoms with van der Waals surface area (Å²) in [6.07, 6.45) is 11.6. The molecule has 3 aromatic rings. The summed E-state index contributed by atoms with van der Waals surface area (Å²) in [6.45, 7) is 4.88. The Bertz CT molecular complexity index is 914. The number of rotatable bonds is 6. The molecule has 26 heavy (non-hydrogen) atoms. The maximum atomic E-state index is 4.64. The summed E-state index contributed by atoms with van der Waals surface area (Å²) in [5.41, 5.74) is 1.78. The van der Waals surface area contributed by atoms with Gasteiger partial charge in [-0.15, -0.1) is 0 Å². The summed E-state index contributed by atoms with van der Waals surface area (Å²) in [7, 11) is 0. The summed E-state index contributed by atoms with van der Waals surface area (Å²) < 4.78 is 2.21. The van der Waals surface area contributed by atoms with Crippen LogP contribution in [0.25, 0.3) is 11.0 Å². The number of aromatic nitrogens is 5. The van der Waals surface area contributed by atoms with Crippen molar-refractivity contribution in [2.24, 2.45) is 17.8 Å². The molecule has 0 aromatic carbocycles. The van der Waals surface area contributed by atoms with Gasteiger partial charge >= 0.3 is 0 Å². The largest absolute Gasteiger partial charge is 0.347 e. The topological polar surface area (TPSA) is 59.7 Å². The summed E-state index contributed by atoms with van der Waals surface area (Å²) >= 11 is 0. The Morgan fingerprint density at radius 2 is 2.12 bits per heavy atom. The lowest BCUT2D eigenvalue weighted by molar-refractivity contribution is 0.464. The van der Waals surface area contributed by atoms with Gasteiger partial charge in [0.15, 0.2) is 5.82 Å². The molecule has 5 rings (SSSR count). The van der Waals surface area contributed by atoms with E-state index in [-0.39, 0.29) is 0 Å². The molecule has 2 aliphatic rings. The Morgan fingerprint density at radius 3 is 2.92 bits per heavy atom. The Balaban J connectivity index is 1.51. The third kappa shape index (κ3) is 2.73. The van der Waals surface area contributed by atoms with Crippen LogP contribution in [0.5, 0.6) is 0 Å². The molecule has 134 valence electrons. The van der Waals surface area contributed by atoms with Gasteiger partial charge in [0.05, 0.1) is 12.1 Å². The van der Waals surface area contributed by atoms with Gasteiger partial charge in [-0.25, -0.2) is 15.0 Å². The first-order valence-electron chi connectivity index (χ1n) is 9.64. The third-order valence-electron chi connectivity index (χ3n) is 6.10. The van der Waals surface area contributed by atoms with E-state index in [2.05, 4.69) is 42.5 Å². The maximum Gasteiger partial charge on any atom is 0.159 e. The van der Waals surface area contributed by atoms with Crippen molar-refractivity contribution in [2.75, 3.05) is 11.4 Å². The van der Waals surface area contributed by atoms with Crippen LogP contribution in [0, 0.1) is 17.8 Å². The standard InChI is InChI=1S/C20H24N6/c1-2-25-9-8-21-18(25)12-26(11-15-6-5-14-10-16(14)15)20-19-17(23-13-24-20)4-3-7-22-19/h3-4,7-9,13-16H,2,5-6,10-12H2,1H3. The first kappa shape index (κ1) is 15.7. The van der Waals surface area contributed by atoms with E-state index in [0.29, 0.717) is 0 Å². The highest BCUT2D eigenvalue weighted by molar-refractivity contribution is 5.84. The third-order valence-corrected chi connectivity index (χ3v) is 6.10. The minimum Gasteiger partial charge on any atom is -0.347 e. The van der Waals surface area contributed by atoms with Gasteiger partial charge < -0.3 is 9.47 Å². The van der Waals surface area contributed by atoms with Gasteiger partial charge in [-0.1, -0.05) is 0 Å². The summed E-state index contributed by atoms with van der Waals surface area (Å²) in [6, 6.07) is 3.93. The highest BCUT2D eigenvalue weighted by Crippen LogP contribution is 2.55. The molecule has 3 heterocycles. The number of anilines is 1. The average Bonchev–Trinajstić information content (AvgIpc) is 3.14. The van der Waals surface area contributed by atoms with Crippen molar-refractivity contribution in [2.45, 2.75) is 39.3 Å². The lowest BCUT2D eigenvalue weighted by Crippen LogP contribution is -2.31. The van der Waals surface area contributed by atoms with E-state index in [4.69, 9.17) is 0 Å². The van der Waals surface area contributed by atoms with Crippen molar-refractivity contribution in [3.05, 3.63) is 42.9 Å². The average molecular weight is 348 g/mol. The molecule has 0 aliphatic heterocycles. The van der Waals surface area contributed by atoms with Crippen molar-refractivity contribution in [1.82, 2.24) is 24.5 Å². The quantitative estimate of drug-likeness (QED) is 0.684. The van der Waals surface area contributed by atoms with Crippen LogP contribution < -0.4 is 4.90 Å². The predicted octanol–water partition coefficient (Wildman–Crippen LogP) is 3.29. The van der Waals surface area contributed by atoms with E-state index in [9.17, 15) is 0 Å². The van der Waals surface area contributed by atoms with E-state index in [0.717, 1.165) is 60.1 Å². The van der Waals surface area contributed by atoms with Crippen LogP contribution in [0.15, 0.2) is 37.1 Å². The van der Waals surface area contributed by atoms with E-state index >= 15 is 0 Å². The van der Waals surface area contributed by atoms with Crippen LogP contribution in [0.2, 0.25) is 0 Å². The van der Waals surface area contributed by atoms with Crippen LogP contribution in [0.1, 0.15) is 32.0 Å². The molecule has 0 saturated heterocycles. The summed E-state index contributed by atoms with van der Waals surface area (Å²) in [4.78, 5) is 20.6. The Hall–Kier alpha value is -2.50. The molecule has 6 heteroatoms. The van der Waals surface area contributed by atoms with Gasteiger partial charge in [0.2, 0.25) is 0 Å². The number of imidazole rings is 1. The number of pyridine rings is 1. The molecule has 3 unspecified atom stereocenters. The fourth-order valence-corrected chi connectivity index (χ4v) is 4.62. The van der Waals surface area contributed by atoms with E-state index in [1.165, 1.54) is 19.3 Å². The summed E-state index contributed by atoms with van der Waals surface area (Å²) in [5, 5.41) is 0. The number of aryl methyl sites for hydroxylation is 1. The van der Waals surface area contributed by atoms with E-state index in [1.807, 2.05) is 24.5 Å². The monoisotopic (exact) mass is 348 g/mol. The van der Waals surface area contributed by atoms with Crippen LogP contribution in [0.4, 0.5) is 5.82 Å². The molecular weight excluding hydrogens is 324 g/mol. The first-order valence-corrected chi connectivity index (χ1v) is 9.64. The molecule has 2 saturated carbocycles. The normalized spacial score (nSPS) is 24.0. The molecule has 0 bridgehead atoms. The lowest BCUT2D eigenvalue weighted by atomic mass is 10.0. The maximum absolute atomic E-state index is 4.64. The smallest absolute Gasteiger partial charge is 0.159 e. The zero-order valence-corrected chi connectivity index (χ0v) is 15.1. The van der Waals surface area contributed by atoms with Crippen molar-refractivity contribution < 1.29 is 0 Å². The minimum atomic E-state index is 0.761. The molecule has 6 nitrogen and oxygen atoms in total.